The van der Waals surface area contributed by atoms with Gasteiger partial charge in [0.25, 0.3) is 0 Å². The molecule has 3 rings (SSSR count). The Kier molecular flexibility index (Phi) is 4.65. The van der Waals surface area contributed by atoms with Crippen molar-refractivity contribution >= 4 is 43.2 Å². The summed E-state index contributed by atoms with van der Waals surface area (Å²) in [6.07, 6.45) is 4.78. The number of benzene rings is 1. The average Bonchev–Trinajstić information content (AvgIpc) is 2.78. The molecule has 1 nitrogen and oxygen atoms in total. The molecule has 1 aliphatic carbocycles. The number of thiophene rings is 1. The molecule has 4 heteroatoms. The predicted molar refractivity (Wildman–Crippen MR) is 93.4 cm³/mol. The first-order valence-corrected chi connectivity index (χ1v) is 9.33. The summed E-state index contributed by atoms with van der Waals surface area (Å²) in [6, 6.07) is 11.1. The Morgan fingerprint density at radius 2 is 2.10 bits per heavy atom. The second-order valence-electron chi connectivity index (χ2n) is 5.41. The molecule has 20 heavy (non-hydrogen) atoms. The zero-order chi connectivity index (χ0) is 14.1. The minimum Gasteiger partial charge on any atom is -0.324 e. The molecule has 1 aromatic carbocycles. The Bertz CT molecular complexity index is 608. The van der Waals surface area contributed by atoms with Gasteiger partial charge in [-0.05, 0) is 86.2 Å². The van der Waals surface area contributed by atoms with Gasteiger partial charge in [-0.3, -0.25) is 0 Å². The van der Waals surface area contributed by atoms with Crippen LogP contribution in [0, 0.1) is 0 Å². The Balaban J connectivity index is 1.80. The first kappa shape index (κ1) is 14.8. The van der Waals surface area contributed by atoms with Crippen LogP contribution in [0.5, 0.6) is 0 Å². The minimum atomic E-state index is 0.100. The zero-order valence-electron chi connectivity index (χ0n) is 11.1. The molecule has 0 bridgehead atoms. The van der Waals surface area contributed by atoms with E-state index in [0.29, 0.717) is 5.92 Å². The topological polar surface area (TPSA) is 26.0 Å². The Morgan fingerprint density at radius 3 is 2.85 bits per heavy atom. The van der Waals surface area contributed by atoms with Gasteiger partial charge in [-0.15, -0.1) is 11.3 Å². The van der Waals surface area contributed by atoms with Gasteiger partial charge in [0, 0.05) is 6.04 Å². The van der Waals surface area contributed by atoms with Gasteiger partial charge in [0.15, 0.2) is 0 Å². The van der Waals surface area contributed by atoms with Crippen LogP contribution in [0.3, 0.4) is 0 Å². The number of nitrogens with two attached hydrogens (primary N) is 1. The molecule has 0 spiro atoms. The van der Waals surface area contributed by atoms with Gasteiger partial charge in [0.1, 0.15) is 0 Å². The largest absolute Gasteiger partial charge is 0.324 e. The molecule has 1 aromatic heterocycles. The van der Waals surface area contributed by atoms with Crippen molar-refractivity contribution in [2.45, 2.75) is 37.6 Å². The van der Waals surface area contributed by atoms with Crippen molar-refractivity contribution in [3.8, 4) is 0 Å². The highest BCUT2D eigenvalue weighted by Crippen LogP contribution is 2.41. The molecular formula is C16H17Br2NS. The van der Waals surface area contributed by atoms with E-state index in [0.717, 1.165) is 14.0 Å². The molecule has 2 N–H and O–H groups in total. The molecule has 0 saturated heterocycles. The van der Waals surface area contributed by atoms with Crippen molar-refractivity contribution < 1.29 is 0 Å². The molecule has 2 aromatic rings. The summed E-state index contributed by atoms with van der Waals surface area (Å²) in [5.74, 6) is 0.598. The fraction of sp³-hybridized carbons (Fsp3) is 0.375. The molecule has 0 aliphatic heterocycles. The van der Waals surface area contributed by atoms with Gasteiger partial charge >= 0.3 is 0 Å². The highest BCUT2D eigenvalue weighted by atomic mass is 79.9. The van der Waals surface area contributed by atoms with Crippen molar-refractivity contribution in [2.24, 2.45) is 5.73 Å². The standard InChI is InChI=1S/C16H17Br2NS/c17-15-9-13(16(18)20-15)14(19)8-11-6-3-5-10-4-1-2-7-12(10)11/h1-2,4,7,9,11,14H,3,5-6,8,19H2. The van der Waals surface area contributed by atoms with Crippen LogP contribution in [0.15, 0.2) is 37.9 Å². The summed E-state index contributed by atoms with van der Waals surface area (Å²) < 4.78 is 2.29. The Labute approximate surface area is 140 Å². The maximum Gasteiger partial charge on any atom is 0.0758 e. The summed E-state index contributed by atoms with van der Waals surface area (Å²) in [5.41, 5.74) is 10.7. The summed E-state index contributed by atoms with van der Waals surface area (Å²) >= 11 is 8.86. The van der Waals surface area contributed by atoms with Crippen LogP contribution in [-0.2, 0) is 6.42 Å². The molecule has 1 aliphatic rings. The van der Waals surface area contributed by atoms with E-state index in [4.69, 9.17) is 5.73 Å². The van der Waals surface area contributed by atoms with E-state index in [1.807, 2.05) is 0 Å². The van der Waals surface area contributed by atoms with Crippen LogP contribution in [0.4, 0.5) is 0 Å². The van der Waals surface area contributed by atoms with Crippen molar-refractivity contribution in [3.05, 3.63) is 54.6 Å². The normalized spacial score (nSPS) is 19.6. The fourth-order valence-corrected chi connectivity index (χ4v) is 6.14. The molecule has 106 valence electrons. The van der Waals surface area contributed by atoms with Gasteiger partial charge < -0.3 is 5.73 Å². The van der Waals surface area contributed by atoms with Crippen molar-refractivity contribution in [2.75, 3.05) is 0 Å². The zero-order valence-corrected chi connectivity index (χ0v) is 15.1. The molecule has 1 heterocycles. The van der Waals surface area contributed by atoms with Crippen LogP contribution in [0.1, 0.15) is 47.9 Å². The lowest BCUT2D eigenvalue weighted by atomic mass is 9.79. The summed E-state index contributed by atoms with van der Waals surface area (Å²) in [4.78, 5) is 0. The second kappa shape index (κ2) is 6.30. The summed E-state index contributed by atoms with van der Waals surface area (Å²) in [6.45, 7) is 0. The Hall–Kier alpha value is -0.160. The lowest BCUT2D eigenvalue weighted by Crippen LogP contribution is -2.17. The second-order valence-corrected chi connectivity index (χ2v) is 9.16. The SMILES string of the molecule is NC(CC1CCCc2ccccc21)c1cc(Br)sc1Br. The molecule has 2 atom stereocenters. The summed E-state index contributed by atoms with van der Waals surface area (Å²) in [5, 5.41) is 0. The first-order chi connectivity index (χ1) is 9.65. The van der Waals surface area contributed by atoms with Crippen molar-refractivity contribution in [1.82, 2.24) is 0 Å². The van der Waals surface area contributed by atoms with Crippen molar-refractivity contribution in [3.63, 3.8) is 0 Å². The minimum absolute atomic E-state index is 0.100. The lowest BCUT2D eigenvalue weighted by Gasteiger charge is -2.27. The molecule has 2 unspecified atom stereocenters. The van der Waals surface area contributed by atoms with E-state index in [-0.39, 0.29) is 6.04 Å². The monoisotopic (exact) mass is 413 g/mol. The maximum absolute atomic E-state index is 6.45. The van der Waals surface area contributed by atoms with Crippen LogP contribution in [0.25, 0.3) is 0 Å². The average molecular weight is 415 g/mol. The number of halogens is 2. The predicted octanol–water partition coefficient (Wildman–Crippen LogP) is 5.78. The molecule has 0 saturated carbocycles. The van der Waals surface area contributed by atoms with Gasteiger partial charge in [0.2, 0.25) is 0 Å². The first-order valence-electron chi connectivity index (χ1n) is 6.93. The number of rotatable bonds is 3. The highest BCUT2D eigenvalue weighted by Gasteiger charge is 2.24. The lowest BCUT2D eigenvalue weighted by molar-refractivity contribution is 0.476. The third-order valence-corrected chi connectivity index (χ3v) is 6.50. The van der Waals surface area contributed by atoms with Crippen molar-refractivity contribution in [1.29, 1.82) is 0 Å². The van der Waals surface area contributed by atoms with Gasteiger partial charge in [-0.1, -0.05) is 24.3 Å². The van der Waals surface area contributed by atoms with Gasteiger partial charge in [-0.2, -0.15) is 0 Å². The van der Waals surface area contributed by atoms with E-state index in [9.17, 15) is 0 Å². The third-order valence-electron chi connectivity index (χ3n) is 4.11. The molecule has 0 amide bonds. The third kappa shape index (κ3) is 3.03. The van der Waals surface area contributed by atoms with Crippen LogP contribution in [-0.4, -0.2) is 0 Å². The van der Waals surface area contributed by atoms with E-state index in [1.165, 1.54) is 36.0 Å². The summed E-state index contributed by atoms with van der Waals surface area (Å²) in [7, 11) is 0. The van der Waals surface area contributed by atoms with Gasteiger partial charge in [0.05, 0.1) is 7.57 Å². The smallest absolute Gasteiger partial charge is 0.0758 e. The number of hydrogen-bond donors (Lipinski definition) is 1. The van der Waals surface area contributed by atoms with E-state index in [1.54, 1.807) is 11.3 Å². The number of aryl methyl sites for hydroxylation is 1. The van der Waals surface area contributed by atoms with Crippen LogP contribution >= 0.6 is 43.2 Å². The molecular weight excluding hydrogens is 398 g/mol. The van der Waals surface area contributed by atoms with Crippen LogP contribution in [0.2, 0.25) is 0 Å². The highest BCUT2D eigenvalue weighted by molar-refractivity contribution is 9.12. The number of fused-ring (bicyclic) bond motifs is 1. The van der Waals surface area contributed by atoms with E-state index in [2.05, 4.69) is 62.2 Å². The van der Waals surface area contributed by atoms with Crippen LogP contribution < -0.4 is 5.73 Å². The molecule has 0 radical (unpaired) electrons. The van der Waals surface area contributed by atoms with Gasteiger partial charge in [-0.25, -0.2) is 0 Å². The Morgan fingerprint density at radius 1 is 1.30 bits per heavy atom. The molecule has 0 fully saturated rings. The van der Waals surface area contributed by atoms with E-state index >= 15 is 0 Å². The maximum atomic E-state index is 6.45. The quantitative estimate of drug-likeness (QED) is 0.676. The number of hydrogen-bond acceptors (Lipinski definition) is 2. The van der Waals surface area contributed by atoms with E-state index < -0.39 is 0 Å². The fourth-order valence-electron chi connectivity index (χ4n) is 3.14.